The standard InChI is InChI=1S/C24H27F3N4O4S/c1-30(16-17-6-8-18(9-7-17)23-28-12-13-29-23)22(32)5-4-14-31(2)36(33,34)21-11-10-19(35-3)15-20(21)24(25,26)27/h4-11,15H,12-14,16H2,1-3H3,(H,28,29). The second kappa shape index (κ2) is 11.1. The maximum Gasteiger partial charge on any atom is 0.417 e. The van der Waals surface area contributed by atoms with E-state index in [1.54, 1.807) is 7.05 Å². The Labute approximate surface area is 208 Å². The van der Waals surface area contributed by atoms with Crippen LogP contribution in [0.25, 0.3) is 0 Å². The van der Waals surface area contributed by atoms with E-state index in [0.717, 1.165) is 53.5 Å². The van der Waals surface area contributed by atoms with Crippen molar-refractivity contribution in [1.29, 1.82) is 0 Å². The zero-order valence-corrected chi connectivity index (χ0v) is 20.9. The van der Waals surface area contributed by atoms with Crippen molar-refractivity contribution in [3.05, 3.63) is 71.3 Å². The molecule has 1 amide bonds. The van der Waals surface area contributed by atoms with Crippen LogP contribution >= 0.6 is 0 Å². The fourth-order valence-electron chi connectivity index (χ4n) is 3.49. The van der Waals surface area contributed by atoms with Gasteiger partial charge in [0.05, 0.1) is 24.1 Å². The molecule has 8 nitrogen and oxygen atoms in total. The molecule has 12 heteroatoms. The minimum absolute atomic E-state index is 0.115. The van der Waals surface area contributed by atoms with Crippen molar-refractivity contribution in [1.82, 2.24) is 14.5 Å². The number of carbonyl (C=O) groups excluding carboxylic acids is 1. The van der Waals surface area contributed by atoms with Crippen molar-refractivity contribution in [3.63, 3.8) is 0 Å². The van der Waals surface area contributed by atoms with E-state index in [4.69, 9.17) is 4.74 Å². The lowest BCUT2D eigenvalue weighted by molar-refractivity contribution is -0.140. The zero-order valence-electron chi connectivity index (χ0n) is 20.0. The van der Waals surface area contributed by atoms with Crippen LogP contribution in [0.1, 0.15) is 16.7 Å². The monoisotopic (exact) mass is 524 g/mol. The molecule has 0 spiro atoms. The zero-order chi connectivity index (χ0) is 26.5. The molecule has 36 heavy (non-hydrogen) atoms. The molecule has 0 aliphatic carbocycles. The average Bonchev–Trinajstić information content (AvgIpc) is 3.38. The molecule has 3 rings (SSSR count). The number of rotatable bonds is 9. The Hall–Kier alpha value is -3.38. The second-order valence-corrected chi connectivity index (χ2v) is 10.1. The van der Waals surface area contributed by atoms with Gasteiger partial charge >= 0.3 is 6.18 Å². The summed E-state index contributed by atoms with van der Waals surface area (Å²) in [6.07, 6.45) is -2.41. The molecule has 1 aliphatic rings. The molecule has 0 radical (unpaired) electrons. The highest BCUT2D eigenvalue weighted by molar-refractivity contribution is 7.89. The molecule has 1 N–H and O–H groups in total. The maximum atomic E-state index is 13.5. The highest BCUT2D eigenvalue weighted by Crippen LogP contribution is 2.37. The number of hydrogen-bond acceptors (Lipinski definition) is 6. The van der Waals surface area contributed by atoms with Crippen molar-refractivity contribution in [3.8, 4) is 5.75 Å². The Balaban J connectivity index is 1.63. The molecule has 1 heterocycles. The average molecular weight is 525 g/mol. The van der Waals surface area contributed by atoms with E-state index in [0.29, 0.717) is 12.6 Å². The van der Waals surface area contributed by atoms with E-state index in [2.05, 4.69) is 10.3 Å². The van der Waals surface area contributed by atoms with Crippen LogP contribution in [0, 0.1) is 0 Å². The van der Waals surface area contributed by atoms with Gasteiger partial charge in [0.25, 0.3) is 0 Å². The lowest BCUT2D eigenvalue weighted by atomic mass is 10.1. The van der Waals surface area contributed by atoms with E-state index in [-0.39, 0.29) is 18.2 Å². The molecular formula is C24H27F3N4O4S. The number of alkyl halides is 3. The number of benzene rings is 2. The van der Waals surface area contributed by atoms with Gasteiger partial charge in [0.15, 0.2) is 0 Å². The molecule has 194 valence electrons. The van der Waals surface area contributed by atoms with E-state index < -0.39 is 26.7 Å². The summed E-state index contributed by atoms with van der Waals surface area (Å²) in [5.41, 5.74) is 0.524. The number of amidine groups is 1. The lowest BCUT2D eigenvalue weighted by Crippen LogP contribution is -2.29. The van der Waals surface area contributed by atoms with Gasteiger partial charge in [-0.3, -0.25) is 9.79 Å². The number of sulfonamides is 1. The first kappa shape index (κ1) is 27.2. The Morgan fingerprint density at radius 2 is 1.86 bits per heavy atom. The van der Waals surface area contributed by atoms with E-state index in [1.807, 2.05) is 24.3 Å². The van der Waals surface area contributed by atoms with Crippen molar-refractivity contribution >= 4 is 21.8 Å². The van der Waals surface area contributed by atoms with Crippen LogP contribution in [-0.4, -0.2) is 70.2 Å². The molecule has 0 fully saturated rings. The first-order valence-electron chi connectivity index (χ1n) is 10.9. The third kappa shape index (κ3) is 6.43. The summed E-state index contributed by atoms with van der Waals surface area (Å²) in [4.78, 5) is 17.4. The maximum absolute atomic E-state index is 13.5. The van der Waals surface area contributed by atoms with Crippen molar-refractivity contribution < 1.29 is 31.1 Å². The summed E-state index contributed by atoms with van der Waals surface area (Å²) in [5.74, 6) is 0.341. The Bertz CT molecular complexity index is 1260. The number of methoxy groups -OCH3 is 1. The fourth-order valence-corrected chi connectivity index (χ4v) is 4.80. The predicted molar refractivity (Wildman–Crippen MR) is 129 cm³/mol. The highest BCUT2D eigenvalue weighted by atomic mass is 32.2. The summed E-state index contributed by atoms with van der Waals surface area (Å²) in [5, 5.41) is 3.19. The van der Waals surface area contributed by atoms with Crippen LogP contribution in [0.3, 0.4) is 0 Å². The molecule has 0 saturated carbocycles. The number of likely N-dealkylation sites (N-methyl/N-ethyl adjacent to an activating group) is 2. The summed E-state index contributed by atoms with van der Waals surface area (Å²) in [6, 6.07) is 10.2. The van der Waals surface area contributed by atoms with Crippen LogP contribution in [0.15, 0.2) is 64.5 Å². The number of hydrogen-bond donors (Lipinski definition) is 1. The van der Waals surface area contributed by atoms with Crippen LogP contribution in [0.2, 0.25) is 0 Å². The molecular weight excluding hydrogens is 497 g/mol. The van der Waals surface area contributed by atoms with E-state index in [9.17, 15) is 26.4 Å². The summed E-state index contributed by atoms with van der Waals surface area (Å²) >= 11 is 0. The number of amides is 1. The summed E-state index contributed by atoms with van der Waals surface area (Å²) in [6.45, 7) is 1.56. The van der Waals surface area contributed by atoms with Crippen molar-refractivity contribution in [2.24, 2.45) is 4.99 Å². The minimum Gasteiger partial charge on any atom is -0.497 e. The number of nitrogens with zero attached hydrogens (tertiary/aromatic N) is 3. The van der Waals surface area contributed by atoms with Gasteiger partial charge in [-0.25, -0.2) is 8.42 Å². The highest BCUT2D eigenvalue weighted by Gasteiger charge is 2.38. The molecule has 2 aromatic rings. The van der Waals surface area contributed by atoms with Crippen LogP contribution in [0.4, 0.5) is 13.2 Å². The molecule has 2 aromatic carbocycles. The van der Waals surface area contributed by atoms with Gasteiger partial charge in [-0.2, -0.15) is 17.5 Å². The molecule has 0 unspecified atom stereocenters. The van der Waals surface area contributed by atoms with Gasteiger partial charge in [-0.1, -0.05) is 30.3 Å². The summed E-state index contributed by atoms with van der Waals surface area (Å²) < 4.78 is 71.6. The molecule has 1 aliphatic heterocycles. The van der Waals surface area contributed by atoms with Crippen LogP contribution in [-0.2, 0) is 27.5 Å². The largest absolute Gasteiger partial charge is 0.497 e. The lowest BCUT2D eigenvalue weighted by Gasteiger charge is -2.20. The van der Waals surface area contributed by atoms with Gasteiger partial charge in [0, 0.05) is 45.4 Å². The first-order valence-corrected chi connectivity index (χ1v) is 12.4. The third-order valence-corrected chi connectivity index (χ3v) is 7.38. The SMILES string of the molecule is COc1ccc(S(=O)(=O)N(C)CC=CC(=O)N(C)Cc2ccc(C3=NCCN3)cc2)c(C(F)(F)F)c1. The third-order valence-electron chi connectivity index (χ3n) is 5.50. The van der Waals surface area contributed by atoms with Crippen molar-refractivity contribution in [2.75, 3.05) is 40.8 Å². The first-order chi connectivity index (χ1) is 16.9. The fraction of sp³-hybridized carbons (Fsp3) is 0.333. The van der Waals surface area contributed by atoms with Crippen molar-refractivity contribution in [2.45, 2.75) is 17.6 Å². The van der Waals surface area contributed by atoms with Gasteiger partial charge in [-0.15, -0.1) is 0 Å². The smallest absolute Gasteiger partial charge is 0.417 e. The quantitative estimate of drug-likeness (QED) is 0.510. The molecule has 0 saturated heterocycles. The summed E-state index contributed by atoms with van der Waals surface area (Å²) in [7, 11) is -0.565. The number of ether oxygens (including phenoxy) is 1. The number of nitrogens with one attached hydrogen (secondary N) is 1. The topological polar surface area (TPSA) is 91.3 Å². The Kier molecular flexibility index (Phi) is 8.41. The van der Waals surface area contributed by atoms with Gasteiger partial charge in [0.2, 0.25) is 15.9 Å². The Morgan fingerprint density at radius 3 is 2.44 bits per heavy atom. The number of carbonyl (C=O) groups is 1. The van der Waals surface area contributed by atoms with E-state index >= 15 is 0 Å². The predicted octanol–water partition coefficient (Wildman–Crippen LogP) is 2.90. The van der Waals surface area contributed by atoms with Crippen LogP contribution < -0.4 is 10.1 Å². The molecule has 0 aromatic heterocycles. The van der Waals surface area contributed by atoms with Gasteiger partial charge < -0.3 is 15.0 Å². The molecule has 0 atom stereocenters. The second-order valence-electron chi connectivity index (χ2n) is 8.10. The number of halogens is 3. The normalized spacial score (nSPS) is 14.1. The molecule has 0 bridgehead atoms. The van der Waals surface area contributed by atoms with E-state index in [1.165, 1.54) is 24.2 Å². The number of aliphatic imine (C=N–C) groups is 1. The van der Waals surface area contributed by atoms with Gasteiger partial charge in [0.1, 0.15) is 11.6 Å². The van der Waals surface area contributed by atoms with Gasteiger partial charge in [-0.05, 0) is 23.8 Å². The Morgan fingerprint density at radius 1 is 1.17 bits per heavy atom. The minimum atomic E-state index is -4.90. The van der Waals surface area contributed by atoms with Crippen LogP contribution in [0.5, 0.6) is 5.75 Å².